The Morgan fingerprint density at radius 3 is 1.96 bits per heavy atom. The number of rotatable bonds is 7. The maximum Gasteiger partial charge on any atom is 0.223 e. The maximum absolute atomic E-state index is 12.9. The smallest absolute Gasteiger partial charge is 0.223 e. The summed E-state index contributed by atoms with van der Waals surface area (Å²) >= 11 is 0. The molecule has 0 radical (unpaired) electrons. The summed E-state index contributed by atoms with van der Waals surface area (Å²) in [7, 11) is 0. The third kappa shape index (κ3) is 5.70. The summed E-state index contributed by atoms with van der Waals surface area (Å²) in [6, 6.07) is 11.9. The molecule has 1 heterocycles. The lowest BCUT2D eigenvalue weighted by molar-refractivity contribution is -0.132. The molecule has 0 spiro atoms. The molecule has 0 aliphatic carbocycles. The predicted molar refractivity (Wildman–Crippen MR) is 103 cm³/mol. The second-order valence-electron chi connectivity index (χ2n) is 7.03. The topological polar surface area (TPSA) is 40.6 Å². The van der Waals surface area contributed by atoms with Gasteiger partial charge >= 0.3 is 0 Å². The van der Waals surface area contributed by atoms with E-state index in [4.69, 9.17) is 0 Å². The summed E-state index contributed by atoms with van der Waals surface area (Å²) < 4.78 is 25.9. The molecule has 0 unspecified atom stereocenters. The fourth-order valence-electron chi connectivity index (χ4n) is 3.32. The molecule has 1 saturated heterocycles. The molecule has 0 bridgehead atoms. The quantitative estimate of drug-likeness (QED) is 0.686. The van der Waals surface area contributed by atoms with E-state index in [2.05, 4.69) is 4.90 Å². The van der Waals surface area contributed by atoms with Crippen molar-refractivity contribution in [3.8, 4) is 0 Å². The maximum atomic E-state index is 12.9. The molecule has 0 atom stereocenters. The van der Waals surface area contributed by atoms with Gasteiger partial charge in [0.05, 0.1) is 0 Å². The number of benzene rings is 2. The molecule has 0 aromatic heterocycles. The number of carbonyl (C=O) groups excluding carboxylic acids is 2. The van der Waals surface area contributed by atoms with Gasteiger partial charge in [-0.25, -0.2) is 8.78 Å². The van der Waals surface area contributed by atoms with Gasteiger partial charge in [0.25, 0.3) is 0 Å². The average molecular weight is 386 g/mol. The Morgan fingerprint density at radius 2 is 1.36 bits per heavy atom. The van der Waals surface area contributed by atoms with Gasteiger partial charge in [-0.2, -0.15) is 0 Å². The lowest BCUT2D eigenvalue weighted by Crippen LogP contribution is -2.49. The molecule has 0 saturated carbocycles. The zero-order chi connectivity index (χ0) is 19.9. The van der Waals surface area contributed by atoms with E-state index in [-0.39, 0.29) is 36.2 Å². The van der Waals surface area contributed by atoms with E-state index in [1.807, 2.05) is 0 Å². The van der Waals surface area contributed by atoms with Gasteiger partial charge in [0, 0.05) is 51.1 Å². The lowest BCUT2D eigenvalue weighted by Gasteiger charge is -2.34. The van der Waals surface area contributed by atoms with E-state index in [1.165, 1.54) is 36.4 Å². The van der Waals surface area contributed by atoms with Crippen LogP contribution in [0.4, 0.5) is 8.78 Å². The number of piperazine rings is 1. The minimum atomic E-state index is -0.384. The zero-order valence-electron chi connectivity index (χ0n) is 15.7. The van der Waals surface area contributed by atoms with Crippen LogP contribution in [0.5, 0.6) is 0 Å². The van der Waals surface area contributed by atoms with Crippen molar-refractivity contribution in [1.82, 2.24) is 9.80 Å². The molecule has 2 aromatic carbocycles. The molecule has 4 nitrogen and oxygen atoms in total. The molecule has 1 fully saturated rings. The van der Waals surface area contributed by atoms with Crippen LogP contribution in [0.2, 0.25) is 0 Å². The first-order valence-electron chi connectivity index (χ1n) is 9.54. The van der Waals surface area contributed by atoms with E-state index in [9.17, 15) is 18.4 Å². The summed E-state index contributed by atoms with van der Waals surface area (Å²) in [5.41, 5.74) is 1.53. The summed E-state index contributed by atoms with van der Waals surface area (Å²) in [6.45, 7) is 3.74. The fourth-order valence-corrected chi connectivity index (χ4v) is 3.32. The van der Waals surface area contributed by atoms with Crippen LogP contribution in [0.1, 0.15) is 28.8 Å². The number of nitrogens with zero attached hydrogens (tertiary/aromatic N) is 2. The molecule has 2 aromatic rings. The Hall–Kier alpha value is -2.60. The summed E-state index contributed by atoms with van der Waals surface area (Å²) in [5, 5.41) is 0. The first-order valence-corrected chi connectivity index (χ1v) is 9.54. The van der Waals surface area contributed by atoms with Gasteiger partial charge in [0.15, 0.2) is 5.78 Å². The number of Topliss-reactive ketones (excluding diaryl/α,β-unsaturated/α-hetero) is 1. The van der Waals surface area contributed by atoms with Crippen molar-refractivity contribution in [1.29, 1.82) is 0 Å². The van der Waals surface area contributed by atoms with E-state index in [0.717, 1.165) is 31.6 Å². The first kappa shape index (κ1) is 20.1. The van der Waals surface area contributed by atoms with E-state index >= 15 is 0 Å². The van der Waals surface area contributed by atoms with Gasteiger partial charge in [-0.05, 0) is 48.4 Å². The zero-order valence-corrected chi connectivity index (χ0v) is 15.7. The third-order valence-corrected chi connectivity index (χ3v) is 5.09. The van der Waals surface area contributed by atoms with Crippen molar-refractivity contribution in [2.45, 2.75) is 19.3 Å². The second-order valence-corrected chi connectivity index (χ2v) is 7.03. The average Bonchev–Trinajstić information content (AvgIpc) is 2.72. The van der Waals surface area contributed by atoms with Crippen molar-refractivity contribution in [3.63, 3.8) is 0 Å². The molecular weight excluding hydrogens is 362 g/mol. The Labute approximate surface area is 163 Å². The van der Waals surface area contributed by atoms with Crippen LogP contribution in [0.25, 0.3) is 0 Å². The van der Waals surface area contributed by atoms with Crippen LogP contribution in [0, 0.1) is 11.6 Å². The number of carbonyl (C=O) groups is 2. The molecule has 1 aliphatic heterocycles. The summed E-state index contributed by atoms with van der Waals surface area (Å²) in [5.74, 6) is -0.779. The minimum Gasteiger partial charge on any atom is -0.340 e. The normalized spacial score (nSPS) is 14.9. The molecule has 1 amide bonds. The van der Waals surface area contributed by atoms with E-state index in [0.29, 0.717) is 18.7 Å². The fraction of sp³-hybridized carbons (Fsp3) is 0.364. The van der Waals surface area contributed by atoms with Crippen LogP contribution in [-0.2, 0) is 11.2 Å². The molecule has 6 heteroatoms. The van der Waals surface area contributed by atoms with Crippen molar-refractivity contribution in [2.75, 3.05) is 32.7 Å². The number of halogens is 2. The highest BCUT2D eigenvalue weighted by atomic mass is 19.1. The van der Waals surface area contributed by atoms with Gasteiger partial charge in [-0.3, -0.25) is 14.5 Å². The van der Waals surface area contributed by atoms with Gasteiger partial charge < -0.3 is 4.90 Å². The van der Waals surface area contributed by atoms with Gasteiger partial charge in [0.1, 0.15) is 11.6 Å². The largest absolute Gasteiger partial charge is 0.340 e. The van der Waals surface area contributed by atoms with Crippen LogP contribution >= 0.6 is 0 Å². The van der Waals surface area contributed by atoms with Crippen molar-refractivity contribution in [2.24, 2.45) is 0 Å². The van der Waals surface area contributed by atoms with E-state index in [1.54, 1.807) is 17.0 Å². The first-order chi connectivity index (χ1) is 13.5. The Bertz CT molecular complexity index is 798. The molecule has 28 heavy (non-hydrogen) atoms. The van der Waals surface area contributed by atoms with Crippen LogP contribution in [0.15, 0.2) is 48.5 Å². The van der Waals surface area contributed by atoms with Crippen LogP contribution < -0.4 is 0 Å². The Balaban J connectivity index is 1.38. The monoisotopic (exact) mass is 386 g/mol. The number of ketones is 1. The van der Waals surface area contributed by atoms with Crippen molar-refractivity contribution in [3.05, 3.63) is 71.3 Å². The highest BCUT2D eigenvalue weighted by molar-refractivity contribution is 5.97. The van der Waals surface area contributed by atoms with Crippen LogP contribution in [0.3, 0.4) is 0 Å². The molecule has 148 valence electrons. The van der Waals surface area contributed by atoms with Gasteiger partial charge in [0.2, 0.25) is 5.91 Å². The molecule has 1 aliphatic rings. The number of hydrogen-bond donors (Lipinski definition) is 0. The second kappa shape index (κ2) is 9.55. The standard InChI is InChI=1S/C22H24F2N2O2/c23-19-5-1-17(2-6-19)11-12-25-13-15-26(16-14-25)22(28)10-9-21(27)18-3-7-20(24)8-4-18/h1-8H,9-16H2. The highest BCUT2D eigenvalue weighted by Crippen LogP contribution is 2.11. The SMILES string of the molecule is O=C(CCC(=O)N1CCN(CCc2ccc(F)cc2)CC1)c1ccc(F)cc1. The Kier molecular flexibility index (Phi) is 6.87. The minimum absolute atomic E-state index is 0.0198. The number of hydrogen-bond acceptors (Lipinski definition) is 3. The number of amides is 1. The molecular formula is C22H24F2N2O2. The third-order valence-electron chi connectivity index (χ3n) is 5.09. The van der Waals surface area contributed by atoms with E-state index < -0.39 is 0 Å². The lowest BCUT2D eigenvalue weighted by atomic mass is 10.1. The highest BCUT2D eigenvalue weighted by Gasteiger charge is 2.21. The summed E-state index contributed by atoms with van der Waals surface area (Å²) in [4.78, 5) is 28.6. The summed E-state index contributed by atoms with van der Waals surface area (Å²) in [6.07, 6.45) is 1.15. The molecule has 3 rings (SSSR count). The van der Waals surface area contributed by atoms with Gasteiger partial charge in [-0.15, -0.1) is 0 Å². The van der Waals surface area contributed by atoms with Crippen molar-refractivity contribution >= 4 is 11.7 Å². The van der Waals surface area contributed by atoms with Crippen molar-refractivity contribution < 1.29 is 18.4 Å². The molecule has 0 N–H and O–H groups in total. The Morgan fingerprint density at radius 1 is 0.786 bits per heavy atom. The predicted octanol–water partition coefficient (Wildman–Crippen LogP) is 3.31. The van der Waals surface area contributed by atoms with Crippen LogP contribution in [-0.4, -0.2) is 54.2 Å². The van der Waals surface area contributed by atoms with Gasteiger partial charge in [-0.1, -0.05) is 12.1 Å².